The minimum Gasteiger partial charge on any atom is -0.325 e. The van der Waals surface area contributed by atoms with Gasteiger partial charge in [0.15, 0.2) is 0 Å². The second kappa shape index (κ2) is 10.5. The van der Waals surface area contributed by atoms with E-state index < -0.39 is 22.5 Å². The number of para-hydroxylation sites is 1. The van der Waals surface area contributed by atoms with Gasteiger partial charge in [-0.25, -0.2) is 8.42 Å². The molecule has 4 aromatic rings. The SMILES string of the molecule is O=C(CN(c1ccccc1Cl)S(=O)(=O)c1ccccc1)Nc1ccc(Cc2ccncc2)cc1. The number of carbonyl (C=O) groups excluding carboxylic acids is 1. The van der Waals surface area contributed by atoms with E-state index >= 15 is 0 Å². The molecule has 0 aliphatic rings. The summed E-state index contributed by atoms with van der Waals surface area (Å²) in [6, 6.07) is 25.8. The van der Waals surface area contributed by atoms with Crippen LogP contribution in [0.4, 0.5) is 11.4 Å². The maximum atomic E-state index is 13.4. The molecule has 0 radical (unpaired) electrons. The van der Waals surface area contributed by atoms with Crippen LogP contribution in [0.25, 0.3) is 0 Å². The van der Waals surface area contributed by atoms with Crippen molar-refractivity contribution in [2.24, 2.45) is 0 Å². The molecule has 0 unspecified atom stereocenters. The number of hydrogen-bond donors (Lipinski definition) is 1. The Morgan fingerprint density at radius 1 is 0.824 bits per heavy atom. The molecule has 34 heavy (non-hydrogen) atoms. The first-order valence-corrected chi connectivity index (χ1v) is 12.4. The van der Waals surface area contributed by atoms with Crippen LogP contribution < -0.4 is 9.62 Å². The summed E-state index contributed by atoms with van der Waals surface area (Å²) in [5.41, 5.74) is 3.01. The molecule has 0 saturated heterocycles. The molecule has 0 aliphatic carbocycles. The van der Waals surface area contributed by atoms with Crippen LogP contribution in [0, 0.1) is 0 Å². The van der Waals surface area contributed by atoms with Gasteiger partial charge in [0.05, 0.1) is 15.6 Å². The average Bonchev–Trinajstić information content (AvgIpc) is 2.85. The monoisotopic (exact) mass is 491 g/mol. The van der Waals surface area contributed by atoms with Crippen molar-refractivity contribution in [1.29, 1.82) is 0 Å². The van der Waals surface area contributed by atoms with Gasteiger partial charge in [-0.1, -0.05) is 54.1 Å². The standard InChI is InChI=1S/C26H22ClN3O3S/c27-24-8-4-5-9-25(24)30(34(32,33)23-6-2-1-3-7-23)19-26(31)29-22-12-10-20(11-13-22)18-21-14-16-28-17-15-21/h1-17H,18-19H2,(H,29,31). The van der Waals surface area contributed by atoms with Crippen LogP contribution in [0.5, 0.6) is 0 Å². The van der Waals surface area contributed by atoms with Crippen molar-refractivity contribution < 1.29 is 13.2 Å². The molecule has 4 rings (SSSR count). The summed E-state index contributed by atoms with van der Waals surface area (Å²) < 4.78 is 27.8. The molecule has 1 amide bonds. The number of carbonyl (C=O) groups is 1. The number of hydrogen-bond acceptors (Lipinski definition) is 4. The van der Waals surface area contributed by atoms with E-state index in [0.29, 0.717) is 5.69 Å². The van der Waals surface area contributed by atoms with Gasteiger partial charge < -0.3 is 5.32 Å². The molecule has 0 bridgehead atoms. The third kappa shape index (κ3) is 5.62. The largest absolute Gasteiger partial charge is 0.325 e. The molecule has 0 fully saturated rings. The first kappa shape index (κ1) is 23.5. The van der Waals surface area contributed by atoms with Gasteiger partial charge in [0, 0.05) is 18.1 Å². The third-order valence-electron chi connectivity index (χ3n) is 5.13. The lowest BCUT2D eigenvalue weighted by Gasteiger charge is -2.25. The van der Waals surface area contributed by atoms with Crippen LogP contribution in [-0.2, 0) is 21.2 Å². The summed E-state index contributed by atoms with van der Waals surface area (Å²) in [4.78, 5) is 17.0. The molecule has 8 heteroatoms. The number of sulfonamides is 1. The Morgan fingerprint density at radius 3 is 2.12 bits per heavy atom. The molecular weight excluding hydrogens is 470 g/mol. The normalized spacial score (nSPS) is 11.1. The second-order valence-electron chi connectivity index (χ2n) is 7.55. The second-order valence-corrected chi connectivity index (χ2v) is 9.82. The number of aromatic nitrogens is 1. The zero-order chi connectivity index (χ0) is 24.0. The molecule has 0 aliphatic heterocycles. The predicted octanol–water partition coefficient (Wildman–Crippen LogP) is 5.16. The fraction of sp³-hybridized carbons (Fsp3) is 0.0769. The molecule has 0 spiro atoms. The first-order chi connectivity index (χ1) is 16.4. The fourth-order valence-electron chi connectivity index (χ4n) is 3.45. The molecule has 6 nitrogen and oxygen atoms in total. The van der Waals surface area contributed by atoms with Crippen molar-refractivity contribution in [2.45, 2.75) is 11.3 Å². The van der Waals surface area contributed by atoms with E-state index in [1.807, 2.05) is 24.3 Å². The van der Waals surface area contributed by atoms with Gasteiger partial charge in [0.25, 0.3) is 10.0 Å². The summed E-state index contributed by atoms with van der Waals surface area (Å²) in [5, 5.41) is 3.01. The molecule has 0 saturated carbocycles. The van der Waals surface area contributed by atoms with Gasteiger partial charge in [-0.05, 0) is 66.1 Å². The highest BCUT2D eigenvalue weighted by Gasteiger charge is 2.28. The van der Waals surface area contributed by atoms with Gasteiger partial charge in [-0.15, -0.1) is 0 Å². The van der Waals surface area contributed by atoms with Crippen LogP contribution in [-0.4, -0.2) is 25.9 Å². The van der Waals surface area contributed by atoms with Crippen molar-refractivity contribution in [3.63, 3.8) is 0 Å². The maximum Gasteiger partial charge on any atom is 0.264 e. The number of halogens is 1. The Kier molecular flexibility index (Phi) is 7.25. The lowest BCUT2D eigenvalue weighted by atomic mass is 10.1. The van der Waals surface area contributed by atoms with E-state index in [9.17, 15) is 13.2 Å². The molecule has 1 heterocycles. The molecule has 0 atom stereocenters. The van der Waals surface area contributed by atoms with Gasteiger partial charge in [-0.2, -0.15) is 0 Å². The number of benzene rings is 3. The minimum atomic E-state index is -4.02. The maximum absolute atomic E-state index is 13.4. The molecule has 1 aromatic heterocycles. The van der Waals surface area contributed by atoms with Crippen molar-refractivity contribution in [3.05, 3.63) is 120 Å². The van der Waals surface area contributed by atoms with E-state index in [4.69, 9.17) is 11.6 Å². The van der Waals surface area contributed by atoms with Crippen LogP contribution in [0.2, 0.25) is 5.02 Å². The highest BCUT2D eigenvalue weighted by atomic mass is 35.5. The van der Waals surface area contributed by atoms with E-state index in [1.165, 1.54) is 12.1 Å². The van der Waals surface area contributed by atoms with E-state index in [1.54, 1.807) is 67.0 Å². The van der Waals surface area contributed by atoms with E-state index in [0.717, 1.165) is 21.9 Å². The van der Waals surface area contributed by atoms with Crippen molar-refractivity contribution in [1.82, 2.24) is 4.98 Å². The predicted molar refractivity (Wildman–Crippen MR) is 135 cm³/mol. The van der Waals surface area contributed by atoms with Gasteiger partial charge >= 0.3 is 0 Å². The number of amides is 1. The van der Waals surface area contributed by atoms with Crippen molar-refractivity contribution >= 4 is 38.9 Å². The highest BCUT2D eigenvalue weighted by Crippen LogP contribution is 2.30. The topological polar surface area (TPSA) is 79.4 Å². The Bertz CT molecular complexity index is 1360. The van der Waals surface area contributed by atoms with E-state index in [-0.39, 0.29) is 15.6 Å². The highest BCUT2D eigenvalue weighted by molar-refractivity contribution is 7.92. The zero-order valence-electron chi connectivity index (χ0n) is 18.1. The van der Waals surface area contributed by atoms with Crippen LogP contribution in [0.15, 0.2) is 108 Å². The van der Waals surface area contributed by atoms with Crippen LogP contribution in [0.1, 0.15) is 11.1 Å². The Hall–Kier alpha value is -3.68. The molecule has 1 N–H and O–H groups in total. The average molecular weight is 492 g/mol. The summed E-state index contributed by atoms with van der Waals surface area (Å²) >= 11 is 6.30. The molecule has 172 valence electrons. The quantitative estimate of drug-likeness (QED) is 0.369. The summed E-state index contributed by atoms with van der Waals surface area (Å²) in [6.07, 6.45) is 4.24. The van der Waals surface area contributed by atoms with Gasteiger partial charge in [-0.3, -0.25) is 14.1 Å². The number of nitrogens with one attached hydrogen (secondary N) is 1. The Balaban J connectivity index is 1.53. The summed E-state index contributed by atoms with van der Waals surface area (Å²) in [7, 11) is -4.02. The Morgan fingerprint density at radius 2 is 1.44 bits per heavy atom. The summed E-state index contributed by atoms with van der Waals surface area (Å²) in [5.74, 6) is -0.485. The molecule has 3 aromatic carbocycles. The summed E-state index contributed by atoms with van der Waals surface area (Å²) in [6.45, 7) is -0.431. The lowest BCUT2D eigenvalue weighted by molar-refractivity contribution is -0.114. The van der Waals surface area contributed by atoms with Crippen LogP contribution >= 0.6 is 11.6 Å². The Labute approximate surface area is 203 Å². The van der Waals surface area contributed by atoms with Gasteiger partial charge in [0.1, 0.15) is 6.54 Å². The number of nitrogens with zero attached hydrogens (tertiary/aromatic N) is 2. The smallest absolute Gasteiger partial charge is 0.264 e. The van der Waals surface area contributed by atoms with Crippen molar-refractivity contribution in [3.8, 4) is 0 Å². The third-order valence-corrected chi connectivity index (χ3v) is 7.23. The number of anilines is 2. The lowest BCUT2D eigenvalue weighted by Crippen LogP contribution is -2.38. The number of pyridine rings is 1. The first-order valence-electron chi connectivity index (χ1n) is 10.5. The van der Waals surface area contributed by atoms with Crippen molar-refractivity contribution in [2.75, 3.05) is 16.2 Å². The number of rotatable bonds is 8. The van der Waals surface area contributed by atoms with Crippen LogP contribution in [0.3, 0.4) is 0 Å². The fourth-order valence-corrected chi connectivity index (χ4v) is 5.20. The minimum absolute atomic E-state index is 0.0724. The van der Waals surface area contributed by atoms with E-state index in [2.05, 4.69) is 10.3 Å². The van der Waals surface area contributed by atoms with Gasteiger partial charge in [0.2, 0.25) is 5.91 Å². The molecular formula is C26H22ClN3O3S. The zero-order valence-corrected chi connectivity index (χ0v) is 19.7.